The minimum atomic E-state index is -0.467. The number of hydrazone groups is 1. The van der Waals surface area contributed by atoms with Gasteiger partial charge in [-0.2, -0.15) is 5.10 Å². The average Bonchev–Trinajstić information content (AvgIpc) is 2.85. The Bertz CT molecular complexity index is 1340. The van der Waals surface area contributed by atoms with Crippen LogP contribution in [0.5, 0.6) is 11.5 Å². The Hall–Kier alpha value is -4.45. The molecule has 0 radical (unpaired) electrons. The lowest BCUT2D eigenvalue weighted by atomic mass is 10.0. The number of benzene rings is 4. The van der Waals surface area contributed by atoms with Crippen LogP contribution in [-0.4, -0.2) is 25.2 Å². The topological polar surface area (TPSA) is 77.0 Å². The molecule has 1 N–H and O–H groups in total. The van der Waals surface area contributed by atoms with Crippen LogP contribution < -0.4 is 14.9 Å². The molecule has 0 aliphatic carbocycles. The SMILES string of the molecule is COc1ccc(C(=O)NN=Cc2c(OC(=O)c3cccc(C)c3)ccc3ccccc23)cc1. The molecule has 6 nitrogen and oxygen atoms in total. The van der Waals surface area contributed by atoms with Crippen LogP contribution in [0, 0.1) is 6.92 Å². The van der Waals surface area contributed by atoms with Crippen LogP contribution in [0.3, 0.4) is 0 Å². The number of hydrogen-bond acceptors (Lipinski definition) is 5. The minimum absolute atomic E-state index is 0.350. The number of aryl methyl sites for hydroxylation is 1. The van der Waals surface area contributed by atoms with Crippen molar-refractivity contribution in [3.63, 3.8) is 0 Å². The summed E-state index contributed by atoms with van der Waals surface area (Å²) in [6.45, 7) is 1.91. The Kier molecular flexibility index (Phi) is 6.45. The lowest BCUT2D eigenvalue weighted by Gasteiger charge is -2.11. The van der Waals surface area contributed by atoms with Crippen molar-refractivity contribution in [2.75, 3.05) is 7.11 Å². The van der Waals surface area contributed by atoms with Gasteiger partial charge in [-0.25, -0.2) is 10.2 Å². The number of nitrogens with one attached hydrogen (secondary N) is 1. The van der Waals surface area contributed by atoms with Gasteiger partial charge < -0.3 is 9.47 Å². The van der Waals surface area contributed by atoms with Gasteiger partial charge in [0.25, 0.3) is 5.91 Å². The van der Waals surface area contributed by atoms with E-state index in [0.717, 1.165) is 16.3 Å². The van der Waals surface area contributed by atoms with Crippen LogP contribution in [0.25, 0.3) is 10.8 Å². The van der Waals surface area contributed by atoms with Gasteiger partial charge in [0.2, 0.25) is 0 Å². The monoisotopic (exact) mass is 438 g/mol. The number of esters is 1. The first kappa shape index (κ1) is 21.8. The van der Waals surface area contributed by atoms with Crippen LogP contribution in [-0.2, 0) is 0 Å². The van der Waals surface area contributed by atoms with E-state index in [1.807, 2.05) is 49.4 Å². The second kappa shape index (κ2) is 9.78. The van der Waals surface area contributed by atoms with Crippen molar-refractivity contribution < 1.29 is 19.1 Å². The van der Waals surface area contributed by atoms with Crippen molar-refractivity contribution in [3.05, 3.63) is 107 Å². The van der Waals surface area contributed by atoms with Crippen LogP contribution in [0.4, 0.5) is 0 Å². The van der Waals surface area contributed by atoms with Crippen molar-refractivity contribution >= 4 is 28.9 Å². The molecule has 164 valence electrons. The van der Waals surface area contributed by atoms with Gasteiger partial charge in [0.15, 0.2) is 0 Å². The Morgan fingerprint density at radius 1 is 0.879 bits per heavy atom. The smallest absolute Gasteiger partial charge is 0.343 e. The molecule has 33 heavy (non-hydrogen) atoms. The third kappa shape index (κ3) is 5.07. The summed E-state index contributed by atoms with van der Waals surface area (Å²) < 4.78 is 10.8. The van der Waals surface area contributed by atoms with Gasteiger partial charge in [-0.15, -0.1) is 0 Å². The van der Waals surface area contributed by atoms with Crippen molar-refractivity contribution in [1.29, 1.82) is 0 Å². The van der Waals surface area contributed by atoms with Gasteiger partial charge in [-0.1, -0.05) is 48.0 Å². The van der Waals surface area contributed by atoms with Gasteiger partial charge >= 0.3 is 5.97 Å². The van der Waals surface area contributed by atoms with Gasteiger partial charge in [-0.3, -0.25) is 4.79 Å². The van der Waals surface area contributed by atoms with Crippen molar-refractivity contribution in [2.24, 2.45) is 5.10 Å². The molecule has 0 aliphatic rings. The average molecular weight is 438 g/mol. The summed E-state index contributed by atoms with van der Waals surface area (Å²) in [5.41, 5.74) is 4.97. The van der Waals surface area contributed by atoms with Crippen LogP contribution in [0.15, 0.2) is 90.0 Å². The maximum atomic E-state index is 12.7. The highest BCUT2D eigenvalue weighted by Crippen LogP contribution is 2.27. The summed E-state index contributed by atoms with van der Waals surface area (Å²) >= 11 is 0. The largest absolute Gasteiger partial charge is 0.497 e. The summed E-state index contributed by atoms with van der Waals surface area (Å²) in [6.07, 6.45) is 1.49. The zero-order valence-corrected chi connectivity index (χ0v) is 18.2. The number of methoxy groups -OCH3 is 1. The number of amides is 1. The summed E-state index contributed by atoms with van der Waals surface area (Å²) in [7, 11) is 1.56. The third-order valence-corrected chi connectivity index (χ3v) is 5.10. The number of hydrogen-bond donors (Lipinski definition) is 1. The van der Waals surface area contributed by atoms with Crippen molar-refractivity contribution in [2.45, 2.75) is 6.92 Å². The van der Waals surface area contributed by atoms with E-state index in [1.165, 1.54) is 6.21 Å². The maximum absolute atomic E-state index is 12.7. The number of nitrogens with zero attached hydrogens (tertiary/aromatic N) is 1. The Labute approximate surface area is 191 Å². The van der Waals surface area contributed by atoms with E-state index in [2.05, 4.69) is 10.5 Å². The highest BCUT2D eigenvalue weighted by Gasteiger charge is 2.14. The van der Waals surface area contributed by atoms with E-state index < -0.39 is 5.97 Å². The molecule has 6 heteroatoms. The minimum Gasteiger partial charge on any atom is -0.497 e. The van der Waals surface area contributed by atoms with Crippen molar-refractivity contribution in [1.82, 2.24) is 5.43 Å². The molecule has 0 spiro atoms. The van der Waals surface area contributed by atoms with E-state index in [-0.39, 0.29) is 5.91 Å². The molecule has 0 aromatic heterocycles. The lowest BCUT2D eigenvalue weighted by Crippen LogP contribution is -2.17. The predicted octanol–water partition coefficient (Wildman–Crippen LogP) is 5.14. The van der Waals surface area contributed by atoms with Crippen molar-refractivity contribution in [3.8, 4) is 11.5 Å². The molecular formula is C27H22N2O4. The molecule has 0 heterocycles. The van der Waals surface area contributed by atoms with Gasteiger partial charge in [0.1, 0.15) is 11.5 Å². The quantitative estimate of drug-likeness (QED) is 0.196. The second-order valence-electron chi connectivity index (χ2n) is 7.39. The lowest BCUT2D eigenvalue weighted by molar-refractivity contribution is 0.0734. The first-order valence-electron chi connectivity index (χ1n) is 10.3. The van der Waals surface area contributed by atoms with Crippen LogP contribution in [0.1, 0.15) is 31.8 Å². The Morgan fingerprint density at radius 2 is 1.67 bits per heavy atom. The Balaban J connectivity index is 1.60. The van der Waals surface area contributed by atoms with E-state index >= 15 is 0 Å². The number of carbonyl (C=O) groups is 2. The van der Waals surface area contributed by atoms with E-state index in [1.54, 1.807) is 49.6 Å². The number of carbonyl (C=O) groups excluding carboxylic acids is 2. The van der Waals surface area contributed by atoms with Gasteiger partial charge in [0, 0.05) is 11.1 Å². The molecular weight excluding hydrogens is 416 g/mol. The Morgan fingerprint density at radius 3 is 2.42 bits per heavy atom. The zero-order valence-electron chi connectivity index (χ0n) is 18.2. The molecule has 0 saturated heterocycles. The normalized spacial score (nSPS) is 10.8. The summed E-state index contributed by atoms with van der Waals surface area (Å²) in [5.74, 6) is 0.173. The molecule has 0 aliphatic heterocycles. The predicted molar refractivity (Wildman–Crippen MR) is 128 cm³/mol. The number of ether oxygens (including phenoxy) is 2. The molecule has 0 fully saturated rings. The van der Waals surface area contributed by atoms with Gasteiger partial charge in [-0.05, 0) is 60.2 Å². The number of fused-ring (bicyclic) bond motifs is 1. The summed E-state index contributed by atoms with van der Waals surface area (Å²) in [5, 5.41) is 5.91. The van der Waals surface area contributed by atoms with E-state index in [4.69, 9.17) is 9.47 Å². The highest BCUT2D eigenvalue weighted by molar-refractivity contribution is 6.04. The fourth-order valence-electron chi connectivity index (χ4n) is 3.39. The fraction of sp³-hybridized carbons (Fsp3) is 0.0741. The first-order chi connectivity index (χ1) is 16.0. The molecule has 4 aromatic carbocycles. The van der Waals surface area contributed by atoms with E-state index in [0.29, 0.717) is 28.2 Å². The van der Waals surface area contributed by atoms with Crippen LogP contribution in [0.2, 0.25) is 0 Å². The van der Waals surface area contributed by atoms with Crippen LogP contribution >= 0.6 is 0 Å². The fourth-order valence-corrected chi connectivity index (χ4v) is 3.39. The molecule has 4 rings (SSSR count). The zero-order chi connectivity index (χ0) is 23.2. The summed E-state index contributed by atoms with van der Waals surface area (Å²) in [4.78, 5) is 25.2. The first-order valence-corrected chi connectivity index (χ1v) is 10.3. The number of rotatable bonds is 6. The molecule has 0 saturated carbocycles. The molecule has 0 unspecified atom stereocenters. The molecule has 0 atom stereocenters. The maximum Gasteiger partial charge on any atom is 0.343 e. The summed E-state index contributed by atoms with van der Waals surface area (Å²) in [6, 6.07) is 25.2. The van der Waals surface area contributed by atoms with E-state index in [9.17, 15) is 9.59 Å². The second-order valence-corrected chi connectivity index (χ2v) is 7.39. The third-order valence-electron chi connectivity index (χ3n) is 5.10. The molecule has 0 bridgehead atoms. The molecule has 1 amide bonds. The standard InChI is InChI=1S/C27H22N2O4/c1-18-6-5-8-21(16-18)27(31)33-25-15-12-19-7-3-4-9-23(19)24(25)17-28-29-26(30)20-10-13-22(32-2)14-11-20/h3-17H,1-2H3,(H,29,30). The highest BCUT2D eigenvalue weighted by atomic mass is 16.5. The molecule has 4 aromatic rings. The van der Waals surface area contributed by atoms with Gasteiger partial charge in [0.05, 0.1) is 18.9 Å².